The molecule has 1 saturated heterocycles. The normalized spacial score (nSPS) is 17.5. The minimum absolute atomic E-state index is 0.0565. The predicted molar refractivity (Wildman–Crippen MR) is 87.9 cm³/mol. The molecular formula is C18H29N2O2+. The van der Waals surface area contributed by atoms with Crippen molar-refractivity contribution in [2.45, 2.75) is 33.2 Å². The minimum atomic E-state index is 0.0565. The van der Waals surface area contributed by atoms with Crippen LogP contribution in [0, 0.1) is 5.92 Å². The predicted octanol–water partition coefficient (Wildman–Crippen LogP) is 0.977. The quantitative estimate of drug-likeness (QED) is 0.823. The zero-order chi connectivity index (χ0) is 15.9. The summed E-state index contributed by atoms with van der Waals surface area (Å²) in [6, 6.07) is 8.66. The topological polar surface area (TPSA) is 42.8 Å². The van der Waals surface area contributed by atoms with E-state index in [1.165, 1.54) is 10.5 Å². The third-order valence-corrected chi connectivity index (χ3v) is 4.11. The molecule has 1 aliphatic heterocycles. The number of carbonyl (C=O) groups excluding carboxylic acids is 1. The highest BCUT2D eigenvalue weighted by atomic mass is 16.5. The van der Waals surface area contributed by atoms with Gasteiger partial charge in [-0.3, -0.25) is 4.79 Å². The molecule has 1 atom stereocenters. The molecule has 1 aromatic rings. The highest BCUT2D eigenvalue weighted by Crippen LogP contribution is 2.15. The summed E-state index contributed by atoms with van der Waals surface area (Å²) in [7, 11) is 0. The molecule has 0 radical (unpaired) electrons. The van der Waals surface area contributed by atoms with Crippen LogP contribution >= 0.6 is 0 Å². The number of rotatable bonds is 6. The summed E-state index contributed by atoms with van der Waals surface area (Å²) in [4.78, 5) is 13.4. The van der Waals surface area contributed by atoms with Crippen LogP contribution in [0.1, 0.15) is 37.9 Å². The molecule has 4 nitrogen and oxygen atoms in total. The van der Waals surface area contributed by atoms with E-state index in [4.69, 9.17) is 4.74 Å². The summed E-state index contributed by atoms with van der Waals surface area (Å²) in [5.41, 5.74) is 2.52. The van der Waals surface area contributed by atoms with Gasteiger partial charge in [-0.15, -0.1) is 0 Å². The Morgan fingerprint density at radius 2 is 1.82 bits per heavy atom. The Bertz CT molecular complexity index is 464. The summed E-state index contributed by atoms with van der Waals surface area (Å²) >= 11 is 0. The zero-order valence-electron chi connectivity index (χ0n) is 14.0. The van der Waals surface area contributed by atoms with E-state index in [9.17, 15) is 4.79 Å². The number of benzene rings is 1. The maximum absolute atomic E-state index is 12.1. The smallest absolute Gasteiger partial charge is 0.275 e. The zero-order valence-corrected chi connectivity index (χ0v) is 14.0. The Hall–Kier alpha value is -1.39. The third kappa shape index (κ3) is 5.43. The van der Waals surface area contributed by atoms with Crippen molar-refractivity contribution in [3.8, 4) is 0 Å². The van der Waals surface area contributed by atoms with Crippen LogP contribution < -0.4 is 10.2 Å². The molecule has 122 valence electrons. The lowest BCUT2D eigenvalue weighted by Crippen LogP contribution is -3.15. The maximum atomic E-state index is 12.1. The first-order chi connectivity index (χ1) is 10.5. The molecule has 2 rings (SSSR count). The van der Waals surface area contributed by atoms with E-state index in [0.29, 0.717) is 12.5 Å². The van der Waals surface area contributed by atoms with Crippen molar-refractivity contribution in [2.24, 2.45) is 5.92 Å². The van der Waals surface area contributed by atoms with Gasteiger partial charge in [0.2, 0.25) is 0 Å². The van der Waals surface area contributed by atoms with Crippen LogP contribution in [0.15, 0.2) is 24.3 Å². The molecule has 0 aliphatic carbocycles. The van der Waals surface area contributed by atoms with E-state index < -0.39 is 0 Å². The standard InChI is InChI=1S/C18H28N2O2/c1-14(2)12-16-4-6-17(7-5-16)15(3)19-18(21)13-20-8-10-22-11-9-20/h4-7,14-15H,8-13H2,1-3H3,(H,19,21)/p+1/t15-/m0/s1. The van der Waals surface area contributed by atoms with Crippen LogP contribution in [0.4, 0.5) is 0 Å². The van der Waals surface area contributed by atoms with Gasteiger partial charge in [0.05, 0.1) is 19.3 Å². The average molecular weight is 305 g/mol. The minimum Gasteiger partial charge on any atom is -0.370 e. The van der Waals surface area contributed by atoms with Crippen molar-refractivity contribution < 1.29 is 14.4 Å². The van der Waals surface area contributed by atoms with Crippen LogP contribution in [0.25, 0.3) is 0 Å². The van der Waals surface area contributed by atoms with Gasteiger partial charge in [-0.1, -0.05) is 38.1 Å². The molecule has 1 heterocycles. The van der Waals surface area contributed by atoms with E-state index in [2.05, 4.69) is 43.4 Å². The summed E-state index contributed by atoms with van der Waals surface area (Å²) in [5, 5.41) is 3.10. The number of nitrogens with one attached hydrogen (secondary N) is 2. The number of ether oxygens (including phenoxy) is 1. The molecule has 0 unspecified atom stereocenters. The lowest BCUT2D eigenvalue weighted by atomic mass is 10.00. The Balaban J connectivity index is 1.82. The number of morpholine rings is 1. The fourth-order valence-corrected chi connectivity index (χ4v) is 2.85. The summed E-state index contributed by atoms with van der Waals surface area (Å²) in [5.74, 6) is 0.787. The van der Waals surface area contributed by atoms with Crippen molar-refractivity contribution in [1.29, 1.82) is 0 Å². The molecule has 0 saturated carbocycles. The molecule has 1 fully saturated rings. The lowest BCUT2D eigenvalue weighted by Gasteiger charge is -2.24. The molecular weight excluding hydrogens is 276 g/mol. The molecule has 1 aromatic carbocycles. The van der Waals surface area contributed by atoms with Gasteiger partial charge in [0.1, 0.15) is 13.1 Å². The molecule has 1 amide bonds. The monoisotopic (exact) mass is 305 g/mol. The molecule has 22 heavy (non-hydrogen) atoms. The Morgan fingerprint density at radius 1 is 1.18 bits per heavy atom. The highest BCUT2D eigenvalue weighted by molar-refractivity contribution is 5.77. The van der Waals surface area contributed by atoms with Crippen molar-refractivity contribution in [3.05, 3.63) is 35.4 Å². The lowest BCUT2D eigenvalue weighted by molar-refractivity contribution is -0.900. The molecule has 2 N–H and O–H groups in total. The average Bonchev–Trinajstić information content (AvgIpc) is 2.48. The van der Waals surface area contributed by atoms with Crippen molar-refractivity contribution in [1.82, 2.24) is 5.32 Å². The van der Waals surface area contributed by atoms with E-state index in [0.717, 1.165) is 38.3 Å². The van der Waals surface area contributed by atoms with Gasteiger partial charge in [0.15, 0.2) is 6.54 Å². The van der Waals surface area contributed by atoms with Crippen molar-refractivity contribution in [2.75, 3.05) is 32.8 Å². The number of hydrogen-bond acceptors (Lipinski definition) is 2. The number of hydrogen-bond donors (Lipinski definition) is 2. The van der Waals surface area contributed by atoms with Gasteiger partial charge in [-0.05, 0) is 30.4 Å². The van der Waals surface area contributed by atoms with Gasteiger partial charge in [0.25, 0.3) is 5.91 Å². The third-order valence-electron chi connectivity index (χ3n) is 4.11. The van der Waals surface area contributed by atoms with Crippen molar-refractivity contribution >= 4 is 5.91 Å². The van der Waals surface area contributed by atoms with Gasteiger partial charge in [0, 0.05) is 0 Å². The second-order valence-electron chi connectivity index (χ2n) is 6.67. The highest BCUT2D eigenvalue weighted by Gasteiger charge is 2.19. The van der Waals surface area contributed by atoms with Gasteiger partial charge < -0.3 is 15.0 Å². The summed E-state index contributed by atoms with van der Waals surface area (Å²) < 4.78 is 5.32. The first-order valence-corrected chi connectivity index (χ1v) is 8.34. The first-order valence-electron chi connectivity index (χ1n) is 8.34. The van der Waals surface area contributed by atoms with Crippen LogP contribution in [-0.2, 0) is 16.0 Å². The molecule has 1 aliphatic rings. The van der Waals surface area contributed by atoms with E-state index >= 15 is 0 Å². The van der Waals surface area contributed by atoms with Gasteiger partial charge in [-0.25, -0.2) is 0 Å². The summed E-state index contributed by atoms with van der Waals surface area (Å²) in [6.07, 6.45) is 1.10. The Morgan fingerprint density at radius 3 is 2.41 bits per heavy atom. The SMILES string of the molecule is CC(C)Cc1ccc([C@H](C)NC(=O)C[NH+]2CCOCC2)cc1. The largest absolute Gasteiger partial charge is 0.370 e. The van der Waals surface area contributed by atoms with Gasteiger partial charge >= 0.3 is 0 Å². The number of amides is 1. The second-order valence-corrected chi connectivity index (χ2v) is 6.67. The number of quaternary nitrogens is 1. The fraction of sp³-hybridized carbons (Fsp3) is 0.611. The molecule has 0 aromatic heterocycles. The molecule has 4 heteroatoms. The summed E-state index contributed by atoms with van der Waals surface area (Å²) in [6.45, 7) is 10.4. The second kappa shape index (κ2) is 8.30. The van der Waals surface area contributed by atoms with E-state index in [1.807, 2.05) is 6.92 Å². The van der Waals surface area contributed by atoms with Crippen LogP contribution in [0.3, 0.4) is 0 Å². The Kier molecular flexibility index (Phi) is 6.40. The van der Waals surface area contributed by atoms with E-state index in [-0.39, 0.29) is 11.9 Å². The van der Waals surface area contributed by atoms with Crippen LogP contribution in [0.5, 0.6) is 0 Å². The maximum Gasteiger partial charge on any atom is 0.275 e. The van der Waals surface area contributed by atoms with Gasteiger partial charge in [-0.2, -0.15) is 0 Å². The molecule has 0 spiro atoms. The van der Waals surface area contributed by atoms with Crippen LogP contribution in [-0.4, -0.2) is 38.8 Å². The Labute approximate surface area is 133 Å². The fourth-order valence-electron chi connectivity index (χ4n) is 2.85. The number of carbonyl (C=O) groups is 1. The first kappa shape index (κ1) is 17.0. The van der Waals surface area contributed by atoms with Crippen molar-refractivity contribution in [3.63, 3.8) is 0 Å². The van der Waals surface area contributed by atoms with E-state index in [1.54, 1.807) is 0 Å². The van der Waals surface area contributed by atoms with Crippen LogP contribution in [0.2, 0.25) is 0 Å². The molecule has 0 bridgehead atoms.